The highest BCUT2D eigenvalue weighted by molar-refractivity contribution is 7.99. The highest BCUT2D eigenvalue weighted by Crippen LogP contribution is 2.27. The van der Waals surface area contributed by atoms with Crippen molar-refractivity contribution in [2.24, 2.45) is 5.92 Å². The molecule has 7 heteroatoms. The zero-order chi connectivity index (χ0) is 19.6. The van der Waals surface area contributed by atoms with Crippen LogP contribution in [-0.2, 0) is 6.54 Å². The largest absolute Gasteiger partial charge is 0.469 e. The van der Waals surface area contributed by atoms with Crippen LogP contribution in [0.1, 0.15) is 47.8 Å². The van der Waals surface area contributed by atoms with Crippen LogP contribution >= 0.6 is 11.8 Å². The van der Waals surface area contributed by atoms with E-state index in [2.05, 4.69) is 35.5 Å². The Morgan fingerprint density at radius 3 is 2.70 bits per heavy atom. The minimum absolute atomic E-state index is 0.0724. The SMILES string of the molecule is Cc1occc1-c1nnc(SCC(=O)c2cc(C)n(CCC(C)C)c2C)o1. The van der Waals surface area contributed by atoms with Crippen LogP contribution in [0.2, 0.25) is 0 Å². The second-order valence-electron chi connectivity index (χ2n) is 7.09. The van der Waals surface area contributed by atoms with Gasteiger partial charge < -0.3 is 13.4 Å². The van der Waals surface area contributed by atoms with Gasteiger partial charge in [0.2, 0.25) is 0 Å². The van der Waals surface area contributed by atoms with Gasteiger partial charge in [0.1, 0.15) is 5.76 Å². The van der Waals surface area contributed by atoms with Crippen molar-refractivity contribution in [2.45, 2.75) is 52.8 Å². The van der Waals surface area contributed by atoms with Gasteiger partial charge in [0, 0.05) is 23.5 Å². The summed E-state index contributed by atoms with van der Waals surface area (Å²) in [5.41, 5.74) is 3.69. The second-order valence-corrected chi connectivity index (χ2v) is 8.02. The van der Waals surface area contributed by atoms with Crippen LogP contribution in [-0.4, -0.2) is 26.3 Å². The first kappa shape index (κ1) is 19.5. The van der Waals surface area contributed by atoms with Gasteiger partial charge in [-0.1, -0.05) is 25.6 Å². The van der Waals surface area contributed by atoms with Crippen LogP contribution in [0, 0.1) is 26.7 Å². The predicted octanol–water partition coefficient (Wildman–Crippen LogP) is 5.08. The summed E-state index contributed by atoms with van der Waals surface area (Å²) in [5, 5.41) is 8.44. The third-order valence-corrected chi connectivity index (χ3v) is 5.44. The number of furan rings is 1. The van der Waals surface area contributed by atoms with Crippen molar-refractivity contribution >= 4 is 17.5 Å². The fraction of sp³-hybridized carbons (Fsp3) is 0.450. The van der Waals surface area contributed by atoms with Gasteiger partial charge in [-0.3, -0.25) is 4.79 Å². The smallest absolute Gasteiger partial charge is 0.277 e. The quantitative estimate of drug-likeness (QED) is 0.396. The van der Waals surface area contributed by atoms with Gasteiger partial charge in [-0.15, -0.1) is 10.2 Å². The molecule has 3 aromatic heterocycles. The van der Waals surface area contributed by atoms with Crippen molar-refractivity contribution in [3.8, 4) is 11.5 Å². The van der Waals surface area contributed by atoms with E-state index in [-0.39, 0.29) is 11.5 Å². The Bertz CT molecular complexity index is 936. The summed E-state index contributed by atoms with van der Waals surface area (Å²) < 4.78 is 13.1. The molecular formula is C20H25N3O3S. The van der Waals surface area contributed by atoms with E-state index in [4.69, 9.17) is 8.83 Å². The van der Waals surface area contributed by atoms with E-state index in [9.17, 15) is 4.79 Å². The normalized spacial score (nSPS) is 11.5. The first-order valence-corrected chi connectivity index (χ1v) is 10.1. The van der Waals surface area contributed by atoms with Gasteiger partial charge in [-0.2, -0.15) is 0 Å². The Kier molecular flexibility index (Phi) is 5.89. The summed E-state index contributed by atoms with van der Waals surface area (Å²) in [6.45, 7) is 11.3. The number of aryl methyl sites for hydroxylation is 2. The summed E-state index contributed by atoms with van der Waals surface area (Å²) in [5.74, 6) is 2.10. The van der Waals surface area contributed by atoms with Crippen molar-refractivity contribution in [2.75, 3.05) is 5.75 Å². The molecule has 0 aromatic carbocycles. The van der Waals surface area contributed by atoms with Gasteiger partial charge in [0.25, 0.3) is 11.1 Å². The molecule has 0 aliphatic carbocycles. The van der Waals surface area contributed by atoms with E-state index in [0.29, 0.717) is 17.0 Å². The summed E-state index contributed by atoms with van der Waals surface area (Å²) >= 11 is 1.26. The molecule has 0 unspecified atom stereocenters. The third kappa shape index (κ3) is 4.35. The number of rotatable bonds is 8. The van der Waals surface area contributed by atoms with Crippen LogP contribution in [0.4, 0.5) is 0 Å². The predicted molar refractivity (Wildman–Crippen MR) is 105 cm³/mol. The first-order valence-electron chi connectivity index (χ1n) is 9.07. The molecule has 3 rings (SSSR count). The molecule has 3 aromatic rings. The molecule has 0 atom stereocenters. The zero-order valence-corrected chi connectivity index (χ0v) is 17.2. The van der Waals surface area contributed by atoms with Crippen molar-refractivity contribution in [3.63, 3.8) is 0 Å². The fourth-order valence-electron chi connectivity index (χ4n) is 3.00. The number of thioether (sulfide) groups is 1. The molecule has 144 valence electrons. The maximum absolute atomic E-state index is 12.7. The molecular weight excluding hydrogens is 362 g/mol. The van der Waals surface area contributed by atoms with E-state index in [1.165, 1.54) is 11.8 Å². The fourth-order valence-corrected chi connectivity index (χ4v) is 3.65. The lowest BCUT2D eigenvalue weighted by molar-refractivity contribution is 0.102. The van der Waals surface area contributed by atoms with Crippen LogP contribution < -0.4 is 0 Å². The molecule has 0 saturated carbocycles. The standard InChI is InChI=1S/C20H25N3O3S/c1-12(2)6-8-23-13(3)10-17(14(23)4)18(24)11-27-20-22-21-19(26-20)16-7-9-25-15(16)5/h7,9-10,12H,6,8,11H2,1-5H3. The van der Waals surface area contributed by atoms with Gasteiger partial charge >= 0.3 is 0 Å². The van der Waals surface area contributed by atoms with Crippen LogP contribution in [0.25, 0.3) is 11.5 Å². The molecule has 6 nitrogen and oxygen atoms in total. The average Bonchev–Trinajstić information content (AvgIpc) is 3.31. The van der Waals surface area contributed by atoms with Crippen molar-refractivity contribution in [1.82, 2.24) is 14.8 Å². The molecule has 0 aliphatic heterocycles. The van der Waals surface area contributed by atoms with Crippen LogP contribution in [0.5, 0.6) is 0 Å². The van der Waals surface area contributed by atoms with E-state index >= 15 is 0 Å². The maximum Gasteiger partial charge on any atom is 0.277 e. The molecule has 0 saturated heterocycles. The lowest BCUT2D eigenvalue weighted by atomic mass is 10.1. The van der Waals surface area contributed by atoms with Gasteiger partial charge in [0.15, 0.2) is 5.78 Å². The highest BCUT2D eigenvalue weighted by atomic mass is 32.2. The van der Waals surface area contributed by atoms with Crippen LogP contribution in [0.15, 0.2) is 32.5 Å². The molecule has 0 bridgehead atoms. The highest BCUT2D eigenvalue weighted by Gasteiger charge is 2.18. The maximum atomic E-state index is 12.7. The molecule has 0 spiro atoms. The third-order valence-electron chi connectivity index (χ3n) is 4.63. The molecule has 0 N–H and O–H groups in total. The number of aromatic nitrogens is 3. The number of Topliss-reactive ketones (excluding diaryl/α,β-unsaturated/α-hetero) is 1. The van der Waals surface area contributed by atoms with Gasteiger partial charge in [0.05, 0.1) is 17.6 Å². The lowest BCUT2D eigenvalue weighted by Crippen LogP contribution is -2.08. The van der Waals surface area contributed by atoms with E-state index < -0.39 is 0 Å². The zero-order valence-electron chi connectivity index (χ0n) is 16.4. The van der Waals surface area contributed by atoms with E-state index in [1.807, 2.05) is 19.9 Å². The Hall–Kier alpha value is -2.28. The molecule has 3 heterocycles. The van der Waals surface area contributed by atoms with Crippen molar-refractivity contribution in [1.29, 1.82) is 0 Å². The molecule has 0 fully saturated rings. The van der Waals surface area contributed by atoms with Gasteiger partial charge in [-0.05, 0) is 45.2 Å². The number of hydrogen-bond acceptors (Lipinski definition) is 6. The average molecular weight is 388 g/mol. The number of carbonyl (C=O) groups is 1. The summed E-state index contributed by atoms with van der Waals surface area (Å²) in [7, 11) is 0. The Morgan fingerprint density at radius 1 is 1.26 bits per heavy atom. The van der Waals surface area contributed by atoms with E-state index in [0.717, 1.165) is 41.2 Å². The first-order chi connectivity index (χ1) is 12.9. The molecule has 0 radical (unpaired) electrons. The van der Waals surface area contributed by atoms with Crippen molar-refractivity contribution < 1.29 is 13.6 Å². The number of nitrogens with zero attached hydrogens (tertiary/aromatic N) is 3. The Morgan fingerprint density at radius 2 is 2.04 bits per heavy atom. The van der Waals surface area contributed by atoms with Crippen LogP contribution in [0.3, 0.4) is 0 Å². The summed E-state index contributed by atoms with van der Waals surface area (Å²) in [6.07, 6.45) is 2.68. The molecule has 27 heavy (non-hydrogen) atoms. The van der Waals surface area contributed by atoms with Gasteiger partial charge in [-0.25, -0.2) is 0 Å². The Balaban J connectivity index is 1.66. The minimum Gasteiger partial charge on any atom is -0.469 e. The topological polar surface area (TPSA) is 74.1 Å². The second kappa shape index (κ2) is 8.17. The molecule has 0 aliphatic rings. The number of hydrogen-bond donors (Lipinski definition) is 0. The lowest BCUT2D eigenvalue weighted by Gasteiger charge is -2.11. The summed E-state index contributed by atoms with van der Waals surface area (Å²) in [4.78, 5) is 12.7. The number of ketones is 1. The Labute approximate surface area is 163 Å². The number of carbonyl (C=O) groups excluding carboxylic acids is 1. The monoisotopic (exact) mass is 387 g/mol. The van der Waals surface area contributed by atoms with E-state index in [1.54, 1.807) is 12.3 Å². The molecule has 0 amide bonds. The summed E-state index contributed by atoms with van der Waals surface area (Å²) in [6, 6.07) is 3.76. The van der Waals surface area contributed by atoms with Crippen molar-refractivity contribution in [3.05, 3.63) is 41.1 Å². The minimum atomic E-state index is 0.0724.